The van der Waals surface area contributed by atoms with E-state index < -0.39 is 0 Å². The second-order valence-corrected chi connectivity index (χ2v) is 1.98. The van der Waals surface area contributed by atoms with E-state index in [1.54, 1.807) is 0 Å². The van der Waals surface area contributed by atoms with Gasteiger partial charge in [0.25, 0.3) is 0 Å². The molecule has 70 valence electrons. The first-order valence-corrected chi connectivity index (χ1v) is 3.66. The molecule has 14 heavy (non-hydrogen) atoms. The van der Waals surface area contributed by atoms with Crippen molar-refractivity contribution in [2.45, 2.75) is 0 Å². The molecule has 0 atom stereocenters. The molecule has 1 aromatic carbocycles. The minimum atomic E-state index is -0.185. The zero-order valence-corrected chi connectivity index (χ0v) is 7.38. The lowest BCUT2D eigenvalue weighted by molar-refractivity contribution is 0.563. The smallest absolute Gasteiger partial charge is 0.211 e. The van der Waals surface area contributed by atoms with Crippen LogP contribution in [0, 0.1) is 0 Å². The first kappa shape index (κ1) is 11.7. The molecular weight excluding hydrogens is 180 g/mol. The Bertz CT molecular complexity index is 314. The van der Waals surface area contributed by atoms with Crippen LogP contribution in [0.15, 0.2) is 58.8 Å². The third-order valence-corrected chi connectivity index (χ3v) is 1.02. The SMILES string of the molecule is C=C(N=C=O)N=C=O.c1ccccc1. The van der Waals surface area contributed by atoms with E-state index in [0.29, 0.717) is 0 Å². The van der Waals surface area contributed by atoms with Gasteiger partial charge >= 0.3 is 0 Å². The summed E-state index contributed by atoms with van der Waals surface area (Å²) in [5.74, 6) is -0.185. The van der Waals surface area contributed by atoms with Crippen LogP contribution >= 0.6 is 0 Å². The summed E-state index contributed by atoms with van der Waals surface area (Å²) in [5, 5.41) is 0. The van der Waals surface area contributed by atoms with Crippen LogP contribution in [0.1, 0.15) is 0 Å². The van der Waals surface area contributed by atoms with Gasteiger partial charge in [-0.15, -0.1) is 9.98 Å². The van der Waals surface area contributed by atoms with Gasteiger partial charge in [-0.2, -0.15) is 0 Å². The topological polar surface area (TPSA) is 58.9 Å². The Balaban J connectivity index is 0.000000249. The minimum Gasteiger partial charge on any atom is -0.211 e. The molecule has 0 N–H and O–H groups in total. The van der Waals surface area contributed by atoms with E-state index in [1.165, 1.54) is 0 Å². The van der Waals surface area contributed by atoms with E-state index in [-0.39, 0.29) is 5.82 Å². The fraction of sp³-hybridized carbons (Fsp3) is 0. The maximum atomic E-state index is 9.35. The highest BCUT2D eigenvalue weighted by Crippen LogP contribution is 1.87. The average molecular weight is 188 g/mol. The molecule has 0 heterocycles. The summed E-state index contributed by atoms with van der Waals surface area (Å²) in [6.07, 6.45) is 2.31. The predicted octanol–water partition coefficient (Wildman–Crippen LogP) is 1.82. The third kappa shape index (κ3) is 7.82. The summed E-state index contributed by atoms with van der Waals surface area (Å²) in [4.78, 5) is 24.5. The predicted molar refractivity (Wildman–Crippen MR) is 51.8 cm³/mol. The van der Waals surface area contributed by atoms with Gasteiger partial charge in [0.05, 0.1) is 0 Å². The molecule has 4 nitrogen and oxygen atoms in total. The van der Waals surface area contributed by atoms with Crippen molar-refractivity contribution in [1.29, 1.82) is 0 Å². The van der Waals surface area contributed by atoms with Crippen LogP contribution in [-0.2, 0) is 9.59 Å². The van der Waals surface area contributed by atoms with Crippen molar-refractivity contribution >= 4 is 12.2 Å². The van der Waals surface area contributed by atoms with E-state index in [2.05, 4.69) is 16.6 Å². The Morgan fingerprint density at radius 1 is 0.857 bits per heavy atom. The lowest BCUT2D eigenvalue weighted by Crippen LogP contribution is -1.63. The number of carbonyl (C=O) groups excluding carboxylic acids is 2. The first-order chi connectivity index (χ1) is 6.81. The second kappa shape index (κ2) is 8.81. The number of benzene rings is 1. The van der Waals surface area contributed by atoms with Crippen LogP contribution in [0.25, 0.3) is 0 Å². The summed E-state index contributed by atoms with van der Waals surface area (Å²) in [6, 6.07) is 12.0. The zero-order chi connectivity index (χ0) is 10.6. The minimum absolute atomic E-state index is 0.185. The van der Waals surface area contributed by atoms with Crippen LogP contribution in [0.5, 0.6) is 0 Å². The Morgan fingerprint density at radius 3 is 1.36 bits per heavy atom. The van der Waals surface area contributed by atoms with Crippen molar-refractivity contribution in [3.63, 3.8) is 0 Å². The lowest BCUT2D eigenvalue weighted by atomic mass is 10.4. The van der Waals surface area contributed by atoms with Gasteiger partial charge in [-0.1, -0.05) is 43.0 Å². The Hall–Kier alpha value is -2.28. The van der Waals surface area contributed by atoms with Gasteiger partial charge in [0, 0.05) is 0 Å². The summed E-state index contributed by atoms with van der Waals surface area (Å²) < 4.78 is 0. The molecule has 4 heteroatoms. The zero-order valence-electron chi connectivity index (χ0n) is 7.38. The Morgan fingerprint density at radius 2 is 1.14 bits per heavy atom. The average Bonchev–Trinajstić information content (AvgIpc) is 2.22. The second-order valence-electron chi connectivity index (χ2n) is 1.98. The maximum Gasteiger partial charge on any atom is 0.242 e. The number of isocyanates is 2. The number of nitrogens with zero attached hydrogens (tertiary/aromatic N) is 2. The van der Waals surface area contributed by atoms with Crippen LogP contribution in [-0.4, -0.2) is 12.2 Å². The first-order valence-electron chi connectivity index (χ1n) is 3.66. The highest BCUT2D eigenvalue weighted by atomic mass is 16.1. The van der Waals surface area contributed by atoms with Crippen LogP contribution in [0.2, 0.25) is 0 Å². The Kier molecular flexibility index (Phi) is 7.38. The van der Waals surface area contributed by atoms with E-state index in [4.69, 9.17) is 0 Å². The van der Waals surface area contributed by atoms with Crippen LogP contribution < -0.4 is 0 Å². The molecule has 0 aliphatic carbocycles. The van der Waals surface area contributed by atoms with Crippen molar-refractivity contribution in [2.24, 2.45) is 9.98 Å². The molecular formula is C10H8N2O2. The van der Waals surface area contributed by atoms with Gasteiger partial charge in [-0.3, -0.25) is 0 Å². The molecule has 1 rings (SSSR count). The van der Waals surface area contributed by atoms with Crippen molar-refractivity contribution in [2.75, 3.05) is 0 Å². The quantitative estimate of drug-likeness (QED) is 0.525. The van der Waals surface area contributed by atoms with Gasteiger partial charge in [0.1, 0.15) is 0 Å². The van der Waals surface area contributed by atoms with Gasteiger partial charge in [0.15, 0.2) is 5.82 Å². The monoisotopic (exact) mass is 188 g/mol. The van der Waals surface area contributed by atoms with Crippen molar-refractivity contribution in [1.82, 2.24) is 0 Å². The highest BCUT2D eigenvalue weighted by molar-refractivity contribution is 5.40. The molecule has 0 amide bonds. The third-order valence-electron chi connectivity index (χ3n) is 1.02. The Labute approximate surface area is 81.3 Å². The van der Waals surface area contributed by atoms with Crippen molar-refractivity contribution in [3.8, 4) is 0 Å². The van der Waals surface area contributed by atoms with Crippen molar-refractivity contribution < 1.29 is 9.59 Å². The summed E-state index contributed by atoms with van der Waals surface area (Å²) in [6.45, 7) is 3.08. The van der Waals surface area contributed by atoms with Gasteiger partial charge < -0.3 is 0 Å². The maximum absolute atomic E-state index is 9.35. The van der Waals surface area contributed by atoms with Gasteiger partial charge in [-0.05, 0) is 0 Å². The van der Waals surface area contributed by atoms with E-state index >= 15 is 0 Å². The summed E-state index contributed by atoms with van der Waals surface area (Å²) >= 11 is 0. The molecule has 0 fully saturated rings. The van der Waals surface area contributed by atoms with Gasteiger partial charge in [0.2, 0.25) is 12.2 Å². The molecule has 0 aliphatic heterocycles. The standard InChI is InChI=1S/C6H6.C4H2N2O2/c1-2-4-6-5-3-1;1-4(5-2-7)6-3-8/h1-6H;1H2. The molecule has 0 unspecified atom stereocenters. The normalized spacial score (nSPS) is 6.86. The van der Waals surface area contributed by atoms with Crippen LogP contribution in [0.3, 0.4) is 0 Å². The number of aliphatic imine (C=N–C) groups is 2. The largest absolute Gasteiger partial charge is 0.242 e. The number of hydrogen-bond donors (Lipinski definition) is 0. The number of rotatable bonds is 2. The fourth-order valence-electron chi connectivity index (χ4n) is 0.515. The number of hydrogen-bond acceptors (Lipinski definition) is 4. The van der Waals surface area contributed by atoms with Crippen molar-refractivity contribution in [3.05, 3.63) is 48.8 Å². The molecule has 0 radical (unpaired) electrons. The molecule has 0 aromatic heterocycles. The molecule has 0 spiro atoms. The molecule has 1 aromatic rings. The lowest BCUT2D eigenvalue weighted by Gasteiger charge is -1.72. The summed E-state index contributed by atoms with van der Waals surface area (Å²) in [7, 11) is 0. The molecule has 0 saturated heterocycles. The molecule has 0 aliphatic rings. The summed E-state index contributed by atoms with van der Waals surface area (Å²) in [5.41, 5.74) is 0. The molecule has 0 saturated carbocycles. The fourth-order valence-corrected chi connectivity index (χ4v) is 0.515. The van der Waals surface area contributed by atoms with Crippen LogP contribution in [0.4, 0.5) is 0 Å². The van der Waals surface area contributed by atoms with Gasteiger partial charge in [-0.25, -0.2) is 9.59 Å². The van der Waals surface area contributed by atoms with E-state index in [1.807, 2.05) is 36.4 Å². The van der Waals surface area contributed by atoms with E-state index in [0.717, 1.165) is 12.2 Å². The molecule has 0 bridgehead atoms. The highest BCUT2D eigenvalue weighted by Gasteiger charge is 1.77. The van der Waals surface area contributed by atoms with E-state index in [9.17, 15) is 9.59 Å².